The lowest BCUT2D eigenvalue weighted by Gasteiger charge is -2.05. The number of ether oxygens (including phenoxy) is 1. The Balaban J connectivity index is 2.42. The Labute approximate surface area is 101 Å². The van der Waals surface area contributed by atoms with Crippen LogP contribution in [0.4, 0.5) is 0 Å². The Bertz CT molecular complexity index is 531. The Morgan fingerprint density at radius 1 is 1.35 bits per heavy atom. The van der Waals surface area contributed by atoms with E-state index < -0.39 is 0 Å². The van der Waals surface area contributed by atoms with Crippen molar-refractivity contribution < 1.29 is 4.74 Å². The zero-order valence-corrected chi connectivity index (χ0v) is 10.4. The van der Waals surface area contributed by atoms with Crippen molar-refractivity contribution in [2.45, 2.75) is 20.4 Å². The van der Waals surface area contributed by atoms with Crippen LogP contribution in [0.25, 0.3) is 11.4 Å². The molecule has 0 aliphatic rings. The van der Waals surface area contributed by atoms with Crippen LogP contribution >= 0.6 is 0 Å². The molecule has 1 aromatic heterocycles. The summed E-state index contributed by atoms with van der Waals surface area (Å²) < 4.78 is 5.24. The Morgan fingerprint density at radius 3 is 2.65 bits per heavy atom. The number of rotatable bonds is 3. The van der Waals surface area contributed by atoms with E-state index in [-0.39, 0.29) is 0 Å². The molecule has 17 heavy (non-hydrogen) atoms. The Kier molecular flexibility index (Phi) is 3.15. The largest absolute Gasteiger partial charge is 0.496 e. The average Bonchev–Trinajstić information content (AvgIpc) is 2.70. The van der Waals surface area contributed by atoms with Gasteiger partial charge in [0.15, 0.2) is 0 Å². The molecule has 3 N–H and O–H groups in total. The lowest BCUT2D eigenvalue weighted by atomic mass is 10.1. The van der Waals surface area contributed by atoms with Crippen molar-refractivity contribution in [3.63, 3.8) is 0 Å². The molecule has 2 rings (SSSR count). The van der Waals surface area contributed by atoms with E-state index in [4.69, 9.17) is 10.5 Å². The third kappa shape index (κ3) is 2.17. The maximum Gasteiger partial charge on any atom is 0.137 e. The van der Waals surface area contributed by atoms with Gasteiger partial charge in [-0.25, -0.2) is 4.98 Å². The first-order valence-electron chi connectivity index (χ1n) is 5.56. The van der Waals surface area contributed by atoms with Gasteiger partial charge in [-0.2, -0.15) is 0 Å². The summed E-state index contributed by atoms with van der Waals surface area (Å²) in [6.07, 6.45) is 0. The number of hydrogen-bond acceptors (Lipinski definition) is 3. The number of aromatic amines is 1. The van der Waals surface area contributed by atoms with Crippen LogP contribution in [-0.2, 0) is 6.54 Å². The molecule has 1 heterocycles. The molecule has 0 amide bonds. The molecule has 0 saturated heterocycles. The normalized spacial score (nSPS) is 10.6. The lowest BCUT2D eigenvalue weighted by Crippen LogP contribution is -1.98. The van der Waals surface area contributed by atoms with Gasteiger partial charge in [0, 0.05) is 17.8 Å². The van der Waals surface area contributed by atoms with Gasteiger partial charge in [-0.1, -0.05) is 0 Å². The zero-order chi connectivity index (χ0) is 12.4. The van der Waals surface area contributed by atoms with Crippen molar-refractivity contribution in [3.8, 4) is 17.1 Å². The molecular formula is C13H17N3O. The third-order valence-corrected chi connectivity index (χ3v) is 2.85. The van der Waals surface area contributed by atoms with Crippen LogP contribution in [0.3, 0.4) is 0 Å². The maximum absolute atomic E-state index is 5.62. The molecule has 0 aliphatic carbocycles. The van der Waals surface area contributed by atoms with Gasteiger partial charge < -0.3 is 15.5 Å². The Hall–Kier alpha value is -1.81. The minimum absolute atomic E-state index is 0.456. The third-order valence-electron chi connectivity index (χ3n) is 2.85. The number of nitrogens with zero attached hydrogens (tertiary/aromatic N) is 1. The zero-order valence-electron chi connectivity index (χ0n) is 10.4. The summed E-state index contributed by atoms with van der Waals surface area (Å²) in [5, 5.41) is 0. The van der Waals surface area contributed by atoms with Crippen LogP contribution < -0.4 is 10.5 Å². The first kappa shape index (κ1) is 11.7. The average molecular weight is 231 g/mol. The highest BCUT2D eigenvalue weighted by Crippen LogP contribution is 2.24. The van der Waals surface area contributed by atoms with Gasteiger partial charge in [0.2, 0.25) is 0 Å². The van der Waals surface area contributed by atoms with E-state index >= 15 is 0 Å². The van der Waals surface area contributed by atoms with Crippen molar-refractivity contribution >= 4 is 0 Å². The summed E-state index contributed by atoms with van der Waals surface area (Å²) in [7, 11) is 1.67. The van der Waals surface area contributed by atoms with E-state index in [1.807, 2.05) is 26.0 Å². The first-order chi connectivity index (χ1) is 8.15. The number of methoxy groups -OCH3 is 1. The number of benzene rings is 1. The number of nitrogens with two attached hydrogens (primary N) is 1. The summed E-state index contributed by atoms with van der Waals surface area (Å²) >= 11 is 0. The highest BCUT2D eigenvalue weighted by Gasteiger charge is 2.08. The molecule has 4 nitrogen and oxygen atoms in total. The molecule has 1 aromatic carbocycles. The van der Waals surface area contributed by atoms with Crippen LogP contribution in [0.15, 0.2) is 18.2 Å². The standard InChI is InChI=1S/C13H17N3O/c1-8-6-10(4-5-12(8)17-3)13-15-9(2)11(7-14)16-13/h4-6H,7,14H2,1-3H3,(H,15,16). The molecular weight excluding hydrogens is 214 g/mol. The highest BCUT2D eigenvalue weighted by molar-refractivity contribution is 5.59. The van der Waals surface area contributed by atoms with Crippen molar-refractivity contribution in [1.82, 2.24) is 9.97 Å². The molecule has 0 saturated carbocycles. The predicted octanol–water partition coefficient (Wildman–Crippen LogP) is 2.16. The summed E-state index contributed by atoms with van der Waals surface area (Å²) in [5.41, 5.74) is 9.69. The molecule has 0 spiro atoms. The molecule has 0 atom stereocenters. The topological polar surface area (TPSA) is 63.9 Å². The summed E-state index contributed by atoms with van der Waals surface area (Å²) in [4.78, 5) is 7.72. The number of aryl methyl sites for hydroxylation is 2. The van der Waals surface area contributed by atoms with Crippen LogP contribution in [0, 0.1) is 13.8 Å². The van der Waals surface area contributed by atoms with Gasteiger partial charge in [-0.05, 0) is 37.6 Å². The molecule has 0 aliphatic heterocycles. The van der Waals surface area contributed by atoms with Crippen molar-refractivity contribution in [1.29, 1.82) is 0 Å². The number of aromatic nitrogens is 2. The van der Waals surface area contributed by atoms with Gasteiger partial charge in [0.05, 0.1) is 12.8 Å². The van der Waals surface area contributed by atoms with Crippen molar-refractivity contribution in [2.24, 2.45) is 5.73 Å². The molecule has 2 aromatic rings. The quantitative estimate of drug-likeness (QED) is 0.850. The second-order valence-corrected chi connectivity index (χ2v) is 4.05. The van der Waals surface area contributed by atoms with Crippen LogP contribution in [0.1, 0.15) is 17.0 Å². The number of hydrogen-bond donors (Lipinski definition) is 2. The van der Waals surface area contributed by atoms with Gasteiger partial charge in [-0.15, -0.1) is 0 Å². The fraction of sp³-hybridized carbons (Fsp3) is 0.308. The van der Waals surface area contributed by atoms with Gasteiger partial charge >= 0.3 is 0 Å². The van der Waals surface area contributed by atoms with Crippen molar-refractivity contribution in [3.05, 3.63) is 35.2 Å². The van der Waals surface area contributed by atoms with E-state index in [2.05, 4.69) is 16.0 Å². The predicted molar refractivity (Wildman–Crippen MR) is 67.9 cm³/mol. The second-order valence-electron chi connectivity index (χ2n) is 4.05. The van der Waals surface area contributed by atoms with Crippen molar-refractivity contribution in [2.75, 3.05) is 7.11 Å². The Morgan fingerprint density at radius 2 is 2.12 bits per heavy atom. The number of H-pyrrole nitrogens is 1. The molecule has 4 heteroatoms. The van der Waals surface area contributed by atoms with Crippen LogP contribution in [0.2, 0.25) is 0 Å². The molecule has 0 radical (unpaired) electrons. The van der Waals surface area contributed by atoms with Gasteiger partial charge in [0.25, 0.3) is 0 Å². The molecule has 0 unspecified atom stereocenters. The van der Waals surface area contributed by atoms with E-state index in [1.54, 1.807) is 7.11 Å². The van der Waals surface area contributed by atoms with Crippen LogP contribution in [-0.4, -0.2) is 17.1 Å². The molecule has 90 valence electrons. The maximum atomic E-state index is 5.62. The molecule has 0 bridgehead atoms. The van der Waals surface area contributed by atoms with E-state index in [0.717, 1.165) is 34.1 Å². The number of nitrogens with one attached hydrogen (secondary N) is 1. The highest BCUT2D eigenvalue weighted by atomic mass is 16.5. The molecule has 0 fully saturated rings. The smallest absolute Gasteiger partial charge is 0.137 e. The van der Waals surface area contributed by atoms with Gasteiger partial charge in [0.1, 0.15) is 11.6 Å². The minimum atomic E-state index is 0.456. The summed E-state index contributed by atoms with van der Waals surface area (Å²) in [6, 6.07) is 5.99. The van der Waals surface area contributed by atoms with E-state index in [9.17, 15) is 0 Å². The minimum Gasteiger partial charge on any atom is -0.496 e. The SMILES string of the molecule is COc1ccc(-c2nc(CN)c(C)[nH]2)cc1C. The lowest BCUT2D eigenvalue weighted by molar-refractivity contribution is 0.412. The summed E-state index contributed by atoms with van der Waals surface area (Å²) in [5.74, 6) is 1.74. The van der Waals surface area contributed by atoms with Crippen LogP contribution in [0.5, 0.6) is 5.75 Å². The fourth-order valence-corrected chi connectivity index (χ4v) is 1.86. The van der Waals surface area contributed by atoms with E-state index in [1.165, 1.54) is 0 Å². The summed E-state index contributed by atoms with van der Waals surface area (Å²) in [6.45, 7) is 4.45. The monoisotopic (exact) mass is 231 g/mol. The first-order valence-corrected chi connectivity index (χ1v) is 5.56. The van der Waals surface area contributed by atoms with E-state index in [0.29, 0.717) is 6.54 Å². The number of imidazole rings is 1. The fourth-order valence-electron chi connectivity index (χ4n) is 1.86. The van der Waals surface area contributed by atoms with Gasteiger partial charge in [-0.3, -0.25) is 0 Å². The second kappa shape index (κ2) is 4.59.